The van der Waals surface area contributed by atoms with E-state index in [1.807, 2.05) is 0 Å². The van der Waals surface area contributed by atoms with Gasteiger partial charge in [-0.3, -0.25) is 4.57 Å². The maximum atomic E-state index is 12.8. The minimum Gasteiger partial charge on any atom is -0.295 e. The standard InChI is InChI=1S/C8H10ClF4N3/c1-4(2)5-14-15-7(9)16(5)3-8(12,13)6(10)11/h4,6H,3H2,1-2H3. The predicted molar refractivity (Wildman–Crippen MR) is 50.1 cm³/mol. The first-order valence-electron chi connectivity index (χ1n) is 4.50. The second-order valence-electron chi connectivity index (χ2n) is 3.63. The maximum Gasteiger partial charge on any atom is 0.325 e. The maximum absolute atomic E-state index is 12.8. The summed E-state index contributed by atoms with van der Waals surface area (Å²) >= 11 is 5.51. The van der Waals surface area contributed by atoms with E-state index in [4.69, 9.17) is 11.6 Å². The fourth-order valence-corrected chi connectivity index (χ4v) is 1.33. The van der Waals surface area contributed by atoms with Crippen LogP contribution in [0.4, 0.5) is 17.6 Å². The van der Waals surface area contributed by atoms with Crippen LogP contribution in [0.2, 0.25) is 5.28 Å². The van der Waals surface area contributed by atoms with E-state index < -0.39 is 18.9 Å². The highest BCUT2D eigenvalue weighted by Crippen LogP contribution is 2.28. The lowest BCUT2D eigenvalue weighted by atomic mass is 10.2. The third-order valence-corrected chi connectivity index (χ3v) is 2.22. The van der Waals surface area contributed by atoms with Gasteiger partial charge in [0.2, 0.25) is 5.28 Å². The van der Waals surface area contributed by atoms with Crippen LogP contribution >= 0.6 is 11.6 Å². The molecule has 1 heterocycles. The number of hydrogen-bond acceptors (Lipinski definition) is 2. The number of halogens is 5. The molecule has 0 unspecified atom stereocenters. The van der Waals surface area contributed by atoms with Crippen molar-refractivity contribution < 1.29 is 17.6 Å². The molecule has 16 heavy (non-hydrogen) atoms. The molecule has 0 aliphatic heterocycles. The average Bonchev–Trinajstić information content (AvgIpc) is 2.47. The van der Waals surface area contributed by atoms with Gasteiger partial charge >= 0.3 is 12.3 Å². The monoisotopic (exact) mass is 259 g/mol. The minimum atomic E-state index is -4.14. The Morgan fingerprint density at radius 2 is 1.88 bits per heavy atom. The summed E-state index contributed by atoms with van der Waals surface area (Å²) in [5.74, 6) is -4.21. The zero-order valence-corrected chi connectivity index (χ0v) is 9.35. The first-order valence-corrected chi connectivity index (χ1v) is 4.88. The molecule has 0 N–H and O–H groups in total. The Hall–Kier alpha value is -0.850. The van der Waals surface area contributed by atoms with Crippen LogP contribution in [0.25, 0.3) is 0 Å². The van der Waals surface area contributed by atoms with Gasteiger partial charge in [0.1, 0.15) is 5.82 Å². The van der Waals surface area contributed by atoms with E-state index in [-0.39, 0.29) is 17.0 Å². The quantitative estimate of drug-likeness (QED) is 0.779. The third-order valence-electron chi connectivity index (χ3n) is 1.94. The number of alkyl halides is 4. The van der Waals surface area contributed by atoms with E-state index in [0.29, 0.717) is 0 Å². The van der Waals surface area contributed by atoms with Crippen LogP contribution in [0.5, 0.6) is 0 Å². The number of hydrogen-bond donors (Lipinski definition) is 0. The van der Waals surface area contributed by atoms with Gasteiger partial charge in [-0.2, -0.15) is 8.78 Å². The van der Waals surface area contributed by atoms with Crippen LogP contribution in [0, 0.1) is 0 Å². The molecular weight excluding hydrogens is 250 g/mol. The molecule has 0 saturated carbocycles. The fourth-order valence-electron chi connectivity index (χ4n) is 1.15. The zero-order chi connectivity index (χ0) is 12.5. The van der Waals surface area contributed by atoms with Gasteiger partial charge in [-0.25, -0.2) is 8.78 Å². The summed E-state index contributed by atoms with van der Waals surface area (Å²) in [4.78, 5) is 0. The molecule has 0 amide bonds. The van der Waals surface area contributed by atoms with Crippen molar-refractivity contribution in [1.82, 2.24) is 14.8 Å². The van der Waals surface area contributed by atoms with Crippen molar-refractivity contribution in [2.75, 3.05) is 0 Å². The van der Waals surface area contributed by atoms with E-state index in [1.165, 1.54) is 0 Å². The molecule has 3 nitrogen and oxygen atoms in total. The highest BCUT2D eigenvalue weighted by Gasteiger charge is 2.42. The zero-order valence-electron chi connectivity index (χ0n) is 8.59. The van der Waals surface area contributed by atoms with Gasteiger partial charge in [-0.1, -0.05) is 13.8 Å². The van der Waals surface area contributed by atoms with Crippen LogP contribution < -0.4 is 0 Å². The molecule has 0 aliphatic rings. The van der Waals surface area contributed by atoms with Gasteiger partial charge < -0.3 is 0 Å². The normalized spacial score (nSPS) is 12.8. The topological polar surface area (TPSA) is 30.7 Å². The molecule has 0 aliphatic carbocycles. The van der Waals surface area contributed by atoms with E-state index in [0.717, 1.165) is 4.57 Å². The lowest BCUT2D eigenvalue weighted by Gasteiger charge is -2.18. The second kappa shape index (κ2) is 4.57. The molecule has 92 valence electrons. The van der Waals surface area contributed by atoms with E-state index >= 15 is 0 Å². The molecule has 0 bridgehead atoms. The SMILES string of the molecule is CC(C)c1nnc(Cl)n1CC(F)(F)C(F)F. The van der Waals surface area contributed by atoms with Gasteiger partial charge in [0.15, 0.2) is 0 Å². The molecule has 0 saturated heterocycles. The smallest absolute Gasteiger partial charge is 0.295 e. The van der Waals surface area contributed by atoms with Crippen LogP contribution in [0.3, 0.4) is 0 Å². The van der Waals surface area contributed by atoms with E-state index in [2.05, 4.69) is 10.2 Å². The molecule has 1 rings (SSSR count). The van der Waals surface area contributed by atoms with Gasteiger partial charge in [0.25, 0.3) is 0 Å². The molecular formula is C8H10ClF4N3. The van der Waals surface area contributed by atoms with Crippen molar-refractivity contribution in [2.24, 2.45) is 0 Å². The summed E-state index contributed by atoms with van der Waals surface area (Å²) in [5.41, 5.74) is 0. The van der Waals surface area contributed by atoms with Gasteiger partial charge in [0, 0.05) is 5.92 Å². The Kier molecular flexibility index (Phi) is 3.77. The first-order chi connectivity index (χ1) is 7.25. The molecule has 0 aromatic carbocycles. The lowest BCUT2D eigenvalue weighted by molar-refractivity contribution is -0.138. The number of nitrogens with zero attached hydrogens (tertiary/aromatic N) is 3. The highest BCUT2D eigenvalue weighted by molar-refractivity contribution is 6.28. The van der Waals surface area contributed by atoms with E-state index in [9.17, 15) is 17.6 Å². The second-order valence-corrected chi connectivity index (χ2v) is 3.97. The number of rotatable bonds is 4. The van der Waals surface area contributed by atoms with Crippen molar-refractivity contribution >= 4 is 11.6 Å². The molecule has 1 aromatic rings. The van der Waals surface area contributed by atoms with Crippen molar-refractivity contribution in [3.63, 3.8) is 0 Å². The Morgan fingerprint density at radius 3 is 2.31 bits per heavy atom. The Bertz CT molecular complexity index is 364. The first kappa shape index (κ1) is 13.2. The molecule has 8 heteroatoms. The van der Waals surface area contributed by atoms with Crippen LogP contribution in [-0.4, -0.2) is 27.1 Å². The summed E-state index contributed by atoms with van der Waals surface area (Å²) in [6.07, 6.45) is -3.74. The molecule has 0 fully saturated rings. The minimum absolute atomic E-state index is 0.158. The number of aromatic nitrogens is 3. The van der Waals surface area contributed by atoms with Gasteiger partial charge in [-0.05, 0) is 11.6 Å². The van der Waals surface area contributed by atoms with Gasteiger partial charge in [-0.15, -0.1) is 10.2 Å². The summed E-state index contributed by atoms with van der Waals surface area (Å²) in [6.45, 7) is 2.14. The van der Waals surface area contributed by atoms with Crippen molar-refractivity contribution in [3.05, 3.63) is 11.1 Å². The molecule has 1 aromatic heterocycles. The van der Waals surface area contributed by atoms with Crippen molar-refractivity contribution in [2.45, 2.75) is 38.7 Å². The third kappa shape index (κ3) is 2.63. The summed E-state index contributed by atoms with van der Waals surface area (Å²) in [7, 11) is 0. The Balaban J connectivity index is 3.00. The van der Waals surface area contributed by atoms with Crippen LogP contribution in [0.15, 0.2) is 0 Å². The molecule has 0 atom stereocenters. The highest BCUT2D eigenvalue weighted by atomic mass is 35.5. The van der Waals surface area contributed by atoms with Gasteiger partial charge in [0.05, 0.1) is 6.54 Å². The van der Waals surface area contributed by atoms with Crippen molar-refractivity contribution in [3.8, 4) is 0 Å². The van der Waals surface area contributed by atoms with Crippen LogP contribution in [0.1, 0.15) is 25.6 Å². The lowest BCUT2D eigenvalue weighted by Crippen LogP contribution is -2.33. The van der Waals surface area contributed by atoms with Crippen molar-refractivity contribution in [1.29, 1.82) is 0 Å². The fraction of sp³-hybridized carbons (Fsp3) is 0.750. The van der Waals surface area contributed by atoms with E-state index in [1.54, 1.807) is 13.8 Å². The summed E-state index contributed by atoms with van der Waals surface area (Å²) in [5, 5.41) is 6.63. The summed E-state index contributed by atoms with van der Waals surface area (Å²) in [6, 6.07) is 0. The molecule has 0 radical (unpaired) electrons. The van der Waals surface area contributed by atoms with Crippen LogP contribution in [-0.2, 0) is 6.54 Å². The molecule has 0 spiro atoms. The Morgan fingerprint density at radius 1 is 1.31 bits per heavy atom. The predicted octanol–water partition coefficient (Wildman–Crippen LogP) is 2.96. The average molecular weight is 260 g/mol. The largest absolute Gasteiger partial charge is 0.325 e. The summed E-state index contributed by atoms with van der Waals surface area (Å²) < 4.78 is 50.5. The Labute approximate surface area is 94.4 Å².